The lowest BCUT2D eigenvalue weighted by Crippen LogP contribution is -2.41. The molecule has 0 aliphatic carbocycles. The molecule has 0 fully saturated rings. The van der Waals surface area contributed by atoms with Crippen molar-refractivity contribution < 1.29 is 14.0 Å². The van der Waals surface area contributed by atoms with Crippen molar-refractivity contribution in [1.29, 1.82) is 0 Å². The van der Waals surface area contributed by atoms with E-state index in [-0.39, 0.29) is 5.91 Å². The highest BCUT2D eigenvalue weighted by atomic mass is 32.2. The number of amides is 3. The van der Waals surface area contributed by atoms with Gasteiger partial charge in [0.2, 0.25) is 11.0 Å². The smallest absolute Gasteiger partial charge is 0.321 e. The van der Waals surface area contributed by atoms with Gasteiger partial charge >= 0.3 is 6.03 Å². The van der Waals surface area contributed by atoms with Crippen molar-refractivity contribution in [3.8, 4) is 0 Å². The van der Waals surface area contributed by atoms with Gasteiger partial charge in [-0.25, -0.2) is 4.79 Å². The molecule has 0 aromatic carbocycles. The summed E-state index contributed by atoms with van der Waals surface area (Å²) in [6.07, 6.45) is 1.60. The van der Waals surface area contributed by atoms with Crippen LogP contribution in [0.2, 0.25) is 0 Å². The van der Waals surface area contributed by atoms with Crippen molar-refractivity contribution in [3.05, 3.63) is 24.2 Å². The van der Waals surface area contributed by atoms with Gasteiger partial charge in [-0.05, 0) is 19.1 Å². The molecule has 1 atom stereocenters. The number of urea groups is 1. The predicted octanol–water partition coefficient (Wildman–Crippen LogP) is 1.68. The maximum Gasteiger partial charge on any atom is 0.321 e. The quantitative estimate of drug-likeness (QED) is 0.686. The first-order chi connectivity index (χ1) is 10.6. The van der Waals surface area contributed by atoms with Crippen LogP contribution in [-0.2, 0) is 11.3 Å². The van der Waals surface area contributed by atoms with Gasteiger partial charge in [-0.3, -0.25) is 10.1 Å². The molecule has 0 saturated heterocycles. The molecule has 2 aromatic rings. The highest BCUT2D eigenvalue weighted by Crippen LogP contribution is 2.29. The maximum atomic E-state index is 11.7. The Morgan fingerprint density at radius 3 is 2.95 bits per heavy atom. The number of carbonyl (C=O) groups is 2. The fourth-order valence-electron chi connectivity index (χ4n) is 1.39. The van der Waals surface area contributed by atoms with E-state index in [2.05, 4.69) is 26.1 Å². The fourth-order valence-corrected chi connectivity index (χ4v) is 3.28. The third-order valence-electron chi connectivity index (χ3n) is 2.51. The molecule has 0 spiro atoms. The summed E-state index contributed by atoms with van der Waals surface area (Å²) >= 11 is 2.57. The molecular weight excluding hydrogens is 326 g/mol. The van der Waals surface area contributed by atoms with Crippen LogP contribution in [0.25, 0.3) is 0 Å². The van der Waals surface area contributed by atoms with E-state index in [9.17, 15) is 9.59 Å². The van der Waals surface area contributed by atoms with Crippen LogP contribution in [-0.4, -0.2) is 34.4 Å². The predicted molar refractivity (Wildman–Crippen MR) is 83.9 cm³/mol. The molecule has 3 N–H and O–H groups in total. The molecule has 2 aromatic heterocycles. The molecule has 2 rings (SSSR count). The van der Waals surface area contributed by atoms with Gasteiger partial charge in [0.05, 0.1) is 18.1 Å². The first-order valence-corrected chi connectivity index (χ1v) is 8.07. The first-order valence-electron chi connectivity index (χ1n) is 6.37. The molecular formula is C12H15N5O3S2. The fraction of sp³-hybridized carbons (Fsp3) is 0.333. The third-order valence-corrected chi connectivity index (χ3v) is 4.58. The number of carbonyl (C=O) groups excluding carboxylic acids is 2. The van der Waals surface area contributed by atoms with Crippen LogP contribution in [0.4, 0.5) is 9.93 Å². The first kappa shape index (κ1) is 16.3. The van der Waals surface area contributed by atoms with E-state index >= 15 is 0 Å². The number of nitrogens with zero attached hydrogens (tertiary/aromatic N) is 2. The topological polar surface area (TPSA) is 109 Å². The lowest BCUT2D eigenvalue weighted by Gasteiger charge is -2.08. The van der Waals surface area contributed by atoms with Crippen molar-refractivity contribution >= 4 is 40.2 Å². The zero-order valence-electron chi connectivity index (χ0n) is 12.0. The van der Waals surface area contributed by atoms with Crippen LogP contribution in [0.3, 0.4) is 0 Å². The minimum absolute atomic E-state index is 0.385. The third kappa shape index (κ3) is 4.74. The molecule has 0 unspecified atom stereocenters. The van der Waals surface area contributed by atoms with Gasteiger partial charge in [0, 0.05) is 7.05 Å². The Labute approximate surface area is 135 Å². The zero-order valence-corrected chi connectivity index (χ0v) is 13.6. The molecule has 22 heavy (non-hydrogen) atoms. The summed E-state index contributed by atoms with van der Waals surface area (Å²) in [5, 5.41) is 15.8. The Bertz CT molecular complexity index is 629. The summed E-state index contributed by atoms with van der Waals surface area (Å²) in [7, 11) is 1.45. The minimum atomic E-state index is -0.532. The highest BCUT2D eigenvalue weighted by molar-refractivity contribution is 8.02. The number of furan rings is 1. The Morgan fingerprint density at radius 1 is 1.45 bits per heavy atom. The summed E-state index contributed by atoms with van der Waals surface area (Å²) < 4.78 is 5.84. The second-order valence-corrected chi connectivity index (χ2v) is 6.70. The van der Waals surface area contributed by atoms with Crippen molar-refractivity contribution in [1.82, 2.24) is 20.8 Å². The summed E-state index contributed by atoms with van der Waals surface area (Å²) in [6, 6.07) is 3.13. The summed E-state index contributed by atoms with van der Waals surface area (Å²) in [6.45, 7) is 2.21. The van der Waals surface area contributed by atoms with Gasteiger partial charge in [0.1, 0.15) is 5.76 Å². The van der Waals surface area contributed by atoms with E-state index in [1.807, 2.05) is 12.1 Å². The number of anilines is 1. The number of rotatable bonds is 6. The van der Waals surface area contributed by atoms with Crippen LogP contribution in [0.1, 0.15) is 12.7 Å². The molecule has 2 heterocycles. The second-order valence-electron chi connectivity index (χ2n) is 4.13. The molecule has 0 aliphatic rings. The van der Waals surface area contributed by atoms with Crippen LogP contribution in [0, 0.1) is 0 Å². The number of hydrogen-bond donors (Lipinski definition) is 3. The summed E-state index contributed by atoms with van der Waals surface area (Å²) in [5.74, 6) is 0.410. The van der Waals surface area contributed by atoms with Gasteiger partial charge in [-0.15, -0.1) is 10.2 Å². The number of imide groups is 1. The van der Waals surface area contributed by atoms with Gasteiger partial charge in [-0.2, -0.15) is 0 Å². The Hall–Kier alpha value is -2.07. The average molecular weight is 341 g/mol. The van der Waals surface area contributed by atoms with E-state index in [4.69, 9.17) is 4.42 Å². The van der Waals surface area contributed by atoms with Crippen molar-refractivity contribution in [2.45, 2.75) is 23.1 Å². The SMILES string of the molecule is CNC(=O)NC(=O)[C@@H](C)Sc1nnc(NCc2ccco2)s1. The number of aromatic nitrogens is 2. The molecule has 8 nitrogen and oxygen atoms in total. The monoisotopic (exact) mass is 341 g/mol. The molecule has 118 valence electrons. The molecule has 10 heteroatoms. The van der Waals surface area contributed by atoms with Crippen molar-refractivity contribution in [3.63, 3.8) is 0 Å². The molecule has 3 amide bonds. The Morgan fingerprint density at radius 2 is 2.27 bits per heavy atom. The van der Waals surface area contributed by atoms with Gasteiger partial charge in [-0.1, -0.05) is 23.1 Å². The van der Waals surface area contributed by atoms with Crippen LogP contribution < -0.4 is 16.0 Å². The standard InChI is InChI=1S/C12H15N5O3S2/c1-7(9(18)15-10(19)13-2)21-12-17-16-11(22-12)14-6-8-4-3-5-20-8/h3-5,7H,6H2,1-2H3,(H,14,16)(H2,13,15,18,19)/t7-/m1/s1. The Balaban J connectivity index is 1.83. The zero-order chi connectivity index (χ0) is 15.9. The second kappa shape index (κ2) is 7.80. The lowest BCUT2D eigenvalue weighted by molar-refractivity contribution is -0.119. The summed E-state index contributed by atoms with van der Waals surface area (Å²) in [5.41, 5.74) is 0. The maximum absolute atomic E-state index is 11.7. The van der Waals surface area contributed by atoms with E-state index < -0.39 is 11.3 Å². The van der Waals surface area contributed by atoms with E-state index in [0.29, 0.717) is 16.0 Å². The normalized spacial score (nSPS) is 11.7. The number of thioether (sulfide) groups is 1. The molecule has 0 bridgehead atoms. The van der Waals surface area contributed by atoms with Crippen LogP contribution in [0.15, 0.2) is 27.2 Å². The van der Waals surface area contributed by atoms with E-state index in [0.717, 1.165) is 5.76 Å². The average Bonchev–Trinajstić information content (AvgIpc) is 3.16. The lowest BCUT2D eigenvalue weighted by atomic mass is 10.4. The largest absolute Gasteiger partial charge is 0.467 e. The van der Waals surface area contributed by atoms with Crippen LogP contribution in [0.5, 0.6) is 0 Å². The number of nitrogens with one attached hydrogen (secondary N) is 3. The Kier molecular flexibility index (Phi) is 5.78. The molecule has 0 saturated carbocycles. The highest BCUT2D eigenvalue weighted by Gasteiger charge is 2.18. The van der Waals surface area contributed by atoms with Crippen LogP contribution >= 0.6 is 23.1 Å². The van der Waals surface area contributed by atoms with Gasteiger partial charge in [0.25, 0.3) is 0 Å². The minimum Gasteiger partial charge on any atom is -0.467 e. The van der Waals surface area contributed by atoms with Crippen molar-refractivity contribution in [2.24, 2.45) is 0 Å². The molecule has 0 aliphatic heterocycles. The van der Waals surface area contributed by atoms with E-state index in [1.165, 1.54) is 30.1 Å². The number of hydrogen-bond acceptors (Lipinski definition) is 8. The van der Waals surface area contributed by atoms with Crippen molar-refractivity contribution in [2.75, 3.05) is 12.4 Å². The summed E-state index contributed by atoms with van der Waals surface area (Å²) in [4.78, 5) is 22.8. The molecule has 0 radical (unpaired) electrons. The van der Waals surface area contributed by atoms with Gasteiger partial charge < -0.3 is 15.1 Å². The van der Waals surface area contributed by atoms with E-state index in [1.54, 1.807) is 13.2 Å². The van der Waals surface area contributed by atoms with Gasteiger partial charge in [0.15, 0.2) is 4.34 Å².